The molecular weight excluding hydrogens is 464 g/mol. The van der Waals surface area contributed by atoms with Gasteiger partial charge < -0.3 is 10.6 Å². The standard InChI is InChI=1S/C15H10Br2N2O2S2/c1-7-12(14(18-6-20)9-3-5-11(17)23-9)15(21)19-13(7)8-2-4-10(16)22-8/h2-6H,1H3,(H,18,20)(H,19,21)/b14-12+. The zero-order valence-electron chi connectivity index (χ0n) is 11.8. The molecular formula is C15H10Br2N2O2S2. The molecule has 2 amide bonds. The first-order chi connectivity index (χ1) is 11.0. The zero-order valence-corrected chi connectivity index (χ0v) is 16.6. The Balaban J connectivity index is 2.16. The van der Waals surface area contributed by atoms with Gasteiger partial charge in [0.05, 0.1) is 34.3 Å². The molecule has 2 N–H and O–H groups in total. The molecule has 0 saturated carbocycles. The van der Waals surface area contributed by atoms with Gasteiger partial charge in [-0.05, 0) is 68.6 Å². The van der Waals surface area contributed by atoms with Crippen molar-refractivity contribution in [3.05, 3.63) is 52.7 Å². The number of hydrogen-bond acceptors (Lipinski definition) is 4. The van der Waals surface area contributed by atoms with Crippen LogP contribution in [0.2, 0.25) is 0 Å². The van der Waals surface area contributed by atoms with Crippen LogP contribution in [0.1, 0.15) is 16.7 Å². The van der Waals surface area contributed by atoms with E-state index >= 15 is 0 Å². The normalized spacial score (nSPS) is 16.6. The lowest BCUT2D eigenvalue weighted by Crippen LogP contribution is -2.20. The summed E-state index contributed by atoms with van der Waals surface area (Å²) in [5, 5.41) is 5.59. The molecule has 0 bridgehead atoms. The van der Waals surface area contributed by atoms with Gasteiger partial charge in [-0.3, -0.25) is 9.59 Å². The van der Waals surface area contributed by atoms with E-state index in [0.29, 0.717) is 17.7 Å². The average molecular weight is 474 g/mol. The molecule has 1 aliphatic rings. The van der Waals surface area contributed by atoms with Crippen molar-refractivity contribution < 1.29 is 9.59 Å². The highest BCUT2D eigenvalue weighted by atomic mass is 79.9. The van der Waals surface area contributed by atoms with Crippen LogP contribution in [0.15, 0.2) is 43.0 Å². The van der Waals surface area contributed by atoms with Gasteiger partial charge in [-0.15, -0.1) is 22.7 Å². The van der Waals surface area contributed by atoms with Crippen molar-refractivity contribution in [2.24, 2.45) is 0 Å². The van der Waals surface area contributed by atoms with Crippen molar-refractivity contribution in [3.8, 4) is 0 Å². The Morgan fingerprint density at radius 2 is 1.87 bits per heavy atom. The number of carbonyl (C=O) groups excluding carboxylic acids is 2. The van der Waals surface area contributed by atoms with E-state index in [1.54, 1.807) is 11.3 Å². The summed E-state index contributed by atoms with van der Waals surface area (Å²) in [5.41, 5.74) is 2.61. The van der Waals surface area contributed by atoms with Gasteiger partial charge in [-0.1, -0.05) is 0 Å². The summed E-state index contributed by atoms with van der Waals surface area (Å²) in [6.07, 6.45) is 0.593. The summed E-state index contributed by atoms with van der Waals surface area (Å²) >= 11 is 9.84. The van der Waals surface area contributed by atoms with Crippen molar-refractivity contribution >= 4 is 78.2 Å². The molecule has 4 nitrogen and oxygen atoms in total. The Hall–Kier alpha value is -1.22. The second-order valence-corrected chi connectivity index (χ2v) is 9.60. The number of rotatable bonds is 4. The number of halogens is 2. The first-order valence-corrected chi connectivity index (χ1v) is 9.71. The van der Waals surface area contributed by atoms with E-state index < -0.39 is 0 Å². The Bertz CT molecular complexity index is 864. The van der Waals surface area contributed by atoms with E-state index in [2.05, 4.69) is 42.5 Å². The molecule has 0 aliphatic carbocycles. The summed E-state index contributed by atoms with van der Waals surface area (Å²) in [4.78, 5) is 25.3. The lowest BCUT2D eigenvalue weighted by Gasteiger charge is -2.07. The Morgan fingerprint density at radius 3 is 2.43 bits per heavy atom. The number of thiophene rings is 2. The molecule has 0 radical (unpaired) electrons. The predicted octanol–water partition coefficient (Wildman–Crippen LogP) is 4.35. The molecule has 0 fully saturated rings. The van der Waals surface area contributed by atoms with Crippen LogP contribution in [0.4, 0.5) is 0 Å². The van der Waals surface area contributed by atoms with Gasteiger partial charge in [-0.2, -0.15) is 0 Å². The molecule has 3 rings (SSSR count). The highest BCUT2D eigenvalue weighted by Crippen LogP contribution is 2.37. The van der Waals surface area contributed by atoms with Crippen LogP contribution in [0.25, 0.3) is 11.4 Å². The molecule has 0 unspecified atom stereocenters. The van der Waals surface area contributed by atoms with E-state index in [9.17, 15) is 9.59 Å². The van der Waals surface area contributed by atoms with Gasteiger partial charge >= 0.3 is 0 Å². The van der Waals surface area contributed by atoms with Crippen molar-refractivity contribution in [3.63, 3.8) is 0 Å². The van der Waals surface area contributed by atoms with Gasteiger partial charge in [0, 0.05) is 0 Å². The van der Waals surface area contributed by atoms with Crippen LogP contribution in [-0.2, 0) is 9.59 Å². The third kappa shape index (κ3) is 3.21. The fraction of sp³-hybridized carbons (Fsp3) is 0.0667. The molecule has 3 heterocycles. The van der Waals surface area contributed by atoms with Crippen LogP contribution in [0.3, 0.4) is 0 Å². The fourth-order valence-corrected chi connectivity index (χ4v) is 5.18. The zero-order chi connectivity index (χ0) is 16.6. The summed E-state index contributed by atoms with van der Waals surface area (Å²) in [7, 11) is 0. The van der Waals surface area contributed by atoms with Gasteiger partial charge in [0.15, 0.2) is 0 Å². The van der Waals surface area contributed by atoms with Crippen LogP contribution < -0.4 is 10.6 Å². The van der Waals surface area contributed by atoms with Gasteiger partial charge in [-0.25, -0.2) is 0 Å². The molecule has 2 aromatic rings. The van der Waals surface area contributed by atoms with Crippen LogP contribution in [-0.4, -0.2) is 12.3 Å². The third-order valence-electron chi connectivity index (χ3n) is 3.31. The summed E-state index contributed by atoms with van der Waals surface area (Å²) < 4.78 is 1.92. The largest absolute Gasteiger partial charge is 0.327 e. The second kappa shape index (κ2) is 6.72. The van der Waals surface area contributed by atoms with Crippen molar-refractivity contribution in [2.45, 2.75) is 6.92 Å². The summed E-state index contributed by atoms with van der Waals surface area (Å²) in [6.45, 7) is 1.88. The van der Waals surface area contributed by atoms with E-state index in [-0.39, 0.29) is 5.91 Å². The minimum absolute atomic E-state index is 0.212. The van der Waals surface area contributed by atoms with E-state index in [1.807, 2.05) is 31.2 Å². The highest BCUT2D eigenvalue weighted by Gasteiger charge is 2.30. The van der Waals surface area contributed by atoms with Crippen LogP contribution in [0, 0.1) is 0 Å². The first kappa shape index (κ1) is 16.6. The molecule has 0 spiro atoms. The lowest BCUT2D eigenvalue weighted by molar-refractivity contribution is -0.115. The fourth-order valence-electron chi connectivity index (χ4n) is 2.34. The summed E-state index contributed by atoms with van der Waals surface area (Å²) in [6, 6.07) is 7.64. The molecule has 0 saturated heterocycles. The Labute approximate surface area is 157 Å². The van der Waals surface area contributed by atoms with Gasteiger partial charge in [0.2, 0.25) is 6.41 Å². The SMILES string of the molecule is CC1=C(c2ccc(Br)s2)NC(=O)/C1=C(/NC=O)c1ccc(Br)s1. The minimum atomic E-state index is -0.212. The van der Waals surface area contributed by atoms with Crippen molar-refractivity contribution in [1.29, 1.82) is 0 Å². The van der Waals surface area contributed by atoms with Crippen LogP contribution in [0.5, 0.6) is 0 Å². The number of hydrogen-bond donors (Lipinski definition) is 2. The lowest BCUT2D eigenvalue weighted by atomic mass is 10.0. The smallest absolute Gasteiger partial charge is 0.258 e. The van der Waals surface area contributed by atoms with Crippen molar-refractivity contribution in [2.75, 3.05) is 0 Å². The van der Waals surface area contributed by atoms with E-state index in [4.69, 9.17) is 0 Å². The highest BCUT2D eigenvalue weighted by molar-refractivity contribution is 9.11. The van der Waals surface area contributed by atoms with E-state index in [0.717, 1.165) is 28.6 Å². The molecule has 0 aromatic carbocycles. The molecule has 0 atom stereocenters. The number of carbonyl (C=O) groups is 2. The van der Waals surface area contributed by atoms with Gasteiger partial charge in [0.1, 0.15) is 0 Å². The minimum Gasteiger partial charge on any atom is -0.327 e. The molecule has 2 aromatic heterocycles. The van der Waals surface area contributed by atoms with Crippen LogP contribution >= 0.6 is 54.5 Å². The van der Waals surface area contributed by atoms with Gasteiger partial charge in [0.25, 0.3) is 5.91 Å². The maximum atomic E-state index is 12.5. The molecule has 118 valence electrons. The second-order valence-electron chi connectivity index (χ2n) is 4.67. The molecule has 1 aliphatic heterocycles. The number of nitrogens with one attached hydrogen (secondary N) is 2. The first-order valence-electron chi connectivity index (χ1n) is 6.49. The summed E-state index contributed by atoms with van der Waals surface area (Å²) in [5.74, 6) is -0.212. The molecule has 8 heteroatoms. The maximum absolute atomic E-state index is 12.5. The predicted molar refractivity (Wildman–Crippen MR) is 101 cm³/mol. The quantitative estimate of drug-likeness (QED) is 0.512. The van der Waals surface area contributed by atoms with Crippen molar-refractivity contribution in [1.82, 2.24) is 10.6 Å². The maximum Gasteiger partial charge on any atom is 0.258 e. The Kier molecular flexibility index (Phi) is 4.86. The average Bonchev–Trinajstić information content (AvgIpc) is 3.18. The third-order valence-corrected chi connectivity index (χ3v) is 6.59. The Morgan fingerprint density at radius 1 is 1.17 bits per heavy atom. The number of amides is 2. The monoisotopic (exact) mass is 472 g/mol. The topological polar surface area (TPSA) is 58.2 Å². The molecule has 23 heavy (non-hydrogen) atoms. The van der Waals surface area contributed by atoms with E-state index in [1.165, 1.54) is 11.3 Å².